The number of piperidine rings is 1. The Balaban J connectivity index is 2.24. The molecule has 5 heteroatoms. The number of ketones is 1. The molecule has 2 heterocycles. The van der Waals surface area contributed by atoms with Crippen molar-refractivity contribution in [1.82, 2.24) is 15.1 Å². The predicted octanol–water partition coefficient (Wildman–Crippen LogP) is 1.15. The Morgan fingerprint density at radius 1 is 1.60 bits per heavy atom. The molecule has 0 amide bonds. The Kier molecular flexibility index (Phi) is 2.81. The van der Waals surface area contributed by atoms with E-state index in [4.69, 9.17) is 0 Å². The second-order valence-electron chi connectivity index (χ2n) is 3.83. The molecule has 0 unspecified atom stereocenters. The van der Waals surface area contributed by atoms with Crippen molar-refractivity contribution in [1.29, 1.82) is 0 Å². The third-order valence-corrected chi connectivity index (χ3v) is 2.77. The summed E-state index contributed by atoms with van der Waals surface area (Å²) in [5.41, 5.74) is 0.0912. The van der Waals surface area contributed by atoms with Crippen molar-refractivity contribution >= 4 is 5.78 Å². The Hall–Kier alpha value is -1.23. The van der Waals surface area contributed by atoms with Gasteiger partial charge in [-0.15, -0.1) is 0 Å². The molecular formula is C10H14FN3O. The number of carbonyl (C=O) groups is 1. The number of hydrogen-bond donors (Lipinski definition) is 1. The topological polar surface area (TPSA) is 46.9 Å². The van der Waals surface area contributed by atoms with Crippen molar-refractivity contribution in [2.75, 3.05) is 13.1 Å². The van der Waals surface area contributed by atoms with E-state index in [1.165, 1.54) is 17.8 Å². The van der Waals surface area contributed by atoms with Gasteiger partial charge in [0.05, 0.1) is 17.8 Å². The van der Waals surface area contributed by atoms with E-state index < -0.39 is 5.95 Å². The van der Waals surface area contributed by atoms with E-state index >= 15 is 0 Å². The van der Waals surface area contributed by atoms with Crippen LogP contribution in [0.25, 0.3) is 0 Å². The minimum Gasteiger partial charge on any atom is -0.317 e. The van der Waals surface area contributed by atoms with Gasteiger partial charge in [0.1, 0.15) is 0 Å². The van der Waals surface area contributed by atoms with E-state index in [0.717, 1.165) is 25.9 Å². The quantitative estimate of drug-likeness (QED) is 0.746. The number of nitrogens with zero attached hydrogens (tertiary/aromatic N) is 2. The van der Waals surface area contributed by atoms with Gasteiger partial charge in [0.2, 0.25) is 5.95 Å². The molecule has 1 N–H and O–H groups in total. The van der Waals surface area contributed by atoms with E-state index in [-0.39, 0.29) is 17.4 Å². The molecule has 0 atom stereocenters. The number of halogens is 1. The molecule has 0 radical (unpaired) electrons. The summed E-state index contributed by atoms with van der Waals surface area (Å²) in [4.78, 5) is 11.1. The van der Waals surface area contributed by atoms with Crippen LogP contribution in [0.3, 0.4) is 0 Å². The van der Waals surface area contributed by atoms with Gasteiger partial charge in [-0.3, -0.25) is 4.79 Å². The summed E-state index contributed by atoms with van der Waals surface area (Å²) in [6, 6.07) is 0.0827. The maximum atomic E-state index is 13.7. The summed E-state index contributed by atoms with van der Waals surface area (Å²) >= 11 is 0. The molecule has 1 saturated heterocycles. The molecule has 1 aromatic rings. The summed E-state index contributed by atoms with van der Waals surface area (Å²) in [6.45, 7) is 3.10. The monoisotopic (exact) mass is 211 g/mol. The average molecular weight is 211 g/mol. The first-order valence-corrected chi connectivity index (χ1v) is 5.15. The Morgan fingerprint density at radius 2 is 2.27 bits per heavy atom. The highest BCUT2D eigenvalue weighted by Crippen LogP contribution is 2.20. The lowest BCUT2D eigenvalue weighted by atomic mass is 10.1. The van der Waals surface area contributed by atoms with E-state index in [1.807, 2.05) is 0 Å². The van der Waals surface area contributed by atoms with Crippen molar-refractivity contribution in [2.24, 2.45) is 0 Å². The van der Waals surface area contributed by atoms with Crippen LogP contribution in [0, 0.1) is 5.95 Å². The Bertz CT molecular complexity index is 369. The molecule has 0 saturated carbocycles. The molecule has 0 bridgehead atoms. The van der Waals surface area contributed by atoms with E-state index in [0.29, 0.717) is 0 Å². The van der Waals surface area contributed by atoms with Gasteiger partial charge in [0.25, 0.3) is 0 Å². The third-order valence-electron chi connectivity index (χ3n) is 2.77. The number of hydrogen-bond acceptors (Lipinski definition) is 3. The second-order valence-corrected chi connectivity index (χ2v) is 3.83. The second kappa shape index (κ2) is 4.10. The molecule has 1 aromatic heterocycles. The van der Waals surface area contributed by atoms with Crippen molar-refractivity contribution in [3.8, 4) is 0 Å². The number of rotatable bonds is 2. The first-order valence-electron chi connectivity index (χ1n) is 5.15. The summed E-state index contributed by atoms with van der Waals surface area (Å²) in [7, 11) is 0. The average Bonchev–Trinajstić information content (AvgIpc) is 2.61. The van der Waals surface area contributed by atoms with Gasteiger partial charge >= 0.3 is 0 Å². The molecule has 15 heavy (non-hydrogen) atoms. The molecular weight excluding hydrogens is 197 g/mol. The molecule has 2 rings (SSSR count). The number of carbonyl (C=O) groups excluding carboxylic acids is 1. The third kappa shape index (κ3) is 1.92. The maximum Gasteiger partial charge on any atom is 0.222 e. The van der Waals surface area contributed by atoms with Crippen LogP contribution in [0.15, 0.2) is 6.20 Å². The van der Waals surface area contributed by atoms with Gasteiger partial charge in [0.15, 0.2) is 5.78 Å². The van der Waals surface area contributed by atoms with Crippen LogP contribution in [0.4, 0.5) is 4.39 Å². The van der Waals surface area contributed by atoms with Gasteiger partial charge in [-0.05, 0) is 32.9 Å². The van der Waals surface area contributed by atoms with Crippen LogP contribution in [-0.4, -0.2) is 28.7 Å². The minimum absolute atomic E-state index is 0.0827. The molecule has 0 aliphatic carbocycles. The van der Waals surface area contributed by atoms with Crippen LogP contribution >= 0.6 is 0 Å². The zero-order valence-electron chi connectivity index (χ0n) is 8.66. The number of aromatic nitrogens is 2. The van der Waals surface area contributed by atoms with Crippen LogP contribution in [0.5, 0.6) is 0 Å². The van der Waals surface area contributed by atoms with Crippen molar-refractivity contribution < 1.29 is 9.18 Å². The fourth-order valence-corrected chi connectivity index (χ4v) is 1.89. The summed E-state index contributed by atoms with van der Waals surface area (Å²) < 4.78 is 15.1. The normalized spacial score (nSPS) is 18.0. The lowest BCUT2D eigenvalue weighted by Crippen LogP contribution is -2.30. The Morgan fingerprint density at radius 3 is 2.80 bits per heavy atom. The Labute approximate surface area is 87.5 Å². The van der Waals surface area contributed by atoms with Crippen LogP contribution in [-0.2, 0) is 0 Å². The maximum absolute atomic E-state index is 13.7. The number of Topliss-reactive ketones (excluding diaryl/α,β-unsaturated/α-hetero) is 1. The largest absolute Gasteiger partial charge is 0.317 e. The van der Waals surface area contributed by atoms with Crippen molar-refractivity contribution in [3.63, 3.8) is 0 Å². The molecule has 1 aliphatic rings. The zero-order chi connectivity index (χ0) is 10.8. The lowest BCUT2D eigenvalue weighted by Gasteiger charge is -2.23. The summed E-state index contributed by atoms with van der Waals surface area (Å²) in [6.07, 6.45) is 3.03. The summed E-state index contributed by atoms with van der Waals surface area (Å²) in [5.74, 6) is -0.762. The van der Waals surface area contributed by atoms with Gasteiger partial charge < -0.3 is 5.32 Å². The van der Waals surface area contributed by atoms with Crippen molar-refractivity contribution in [2.45, 2.75) is 25.8 Å². The fourth-order valence-electron chi connectivity index (χ4n) is 1.89. The first-order chi connectivity index (χ1) is 7.20. The highest BCUT2D eigenvalue weighted by atomic mass is 19.1. The van der Waals surface area contributed by atoms with Gasteiger partial charge in [-0.2, -0.15) is 9.49 Å². The minimum atomic E-state index is -0.491. The lowest BCUT2D eigenvalue weighted by molar-refractivity contribution is 0.101. The standard InChI is InChI=1S/C10H14FN3O/c1-7(15)9-6-13-14(10(9)11)8-2-4-12-5-3-8/h6,8,12H,2-5H2,1H3. The van der Waals surface area contributed by atoms with Crippen LogP contribution < -0.4 is 5.32 Å². The van der Waals surface area contributed by atoms with Gasteiger partial charge in [-0.1, -0.05) is 0 Å². The fraction of sp³-hybridized carbons (Fsp3) is 0.600. The van der Waals surface area contributed by atoms with E-state index in [1.54, 1.807) is 0 Å². The molecule has 0 spiro atoms. The highest BCUT2D eigenvalue weighted by Gasteiger charge is 2.22. The van der Waals surface area contributed by atoms with Crippen LogP contribution in [0.2, 0.25) is 0 Å². The molecule has 4 nitrogen and oxygen atoms in total. The van der Waals surface area contributed by atoms with Crippen LogP contribution in [0.1, 0.15) is 36.2 Å². The zero-order valence-corrected chi connectivity index (χ0v) is 8.66. The van der Waals surface area contributed by atoms with Gasteiger partial charge in [-0.25, -0.2) is 4.68 Å². The summed E-state index contributed by atoms with van der Waals surface area (Å²) in [5, 5.41) is 7.16. The van der Waals surface area contributed by atoms with Gasteiger partial charge in [0, 0.05) is 0 Å². The first kappa shape index (κ1) is 10.3. The number of nitrogens with one attached hydrogen (secondary N) is 1. The molecule has 1 aliphatic heterocycles. The molecule has 82 valence electrons. The smallest absolute Gasteiger partial charge is 0.222 e. The molecule has 0 aromatic carbocycles. The highest BCUT2D eigenvalue weighted by molar-refractivity contribution is 5.93. The molecule has 1 fully saturated rings. The SMILES string of the molecule is CC(=O)c1cnn(C2CCNCC2)c1F. The van der Waals surface area contributed by atoms with E-state index in [2.05, 4.69) is 10.4 Å². The predicted molar refractivity (Wildman–Crippen MR) is 53.3 cm³/mol. The van der Waals surface area contributed by atoms with Crippen molar-refractivity contribution in [3.05, 3.63) is 17.7 Å². The van der Waals surface area contributed by atoms with E-state index in [9.17, 15) is 9.18 Å².